The molecule has 0 fully saturated rings. The van der Waals surface area contributed by atoms with E-state index in [1.165, 1.54) is 5.56 Å². The van der Waals surface area contributed by atoms with E-state index in [-0.39, 0.29) is 30.4 Å². The van der Waals surface area contributed by atoms with Gasteiger partial charge in [0.1, 0.15) is 12.6 Å². The van der Waals surface area contributed by atoms with E-state index in [0.29, 0.717) is 5.69 Å². The normalized spacial score (nSPS) is 15.8. The topological polar surface area (TPSA) is 66.0 Å². The Labute approximate surface area is 161 Å². The lowest BCUT2D eigenvalue weighted by Crippen LogP contribution is -2.92. The Bertz CT molecular complexity index is 807. The first-order valence-corrected chi connectivity index (χ1v) is 9.59. The quantitative estimate of drug-likeness (QED) is 0.786. The number of hydrogen-bond acceptors (Lipinski definition) is 2. The number of halogens is 1. The summed E-state index contributed by atoms with van der Waals surface area (Å²) in [6.07, 6.45) is 0.913. The molecule has 5 nitrogen and oxygen atoms in total. The van der Waals surface area contributed by atoms with Crippen LogP contribution in [0.5, 0.6) is 0 Å². The minimum atomic E-state index is -0.289. The number of quaternary nitrogens is 1. The Morgan fingerprint density at radius 1 is 1.23 bits per heavy atom. The minimum Gasteiger partial charge on any atom is -0.330 e. The molecule has 0 unspecified atom stereocenters. The van der Waals surface area contributed by atoms with Gasteiger partial charge in [0.05, 0.1) is 11.4 Å². The van der Waals surface area contributed by atoms with Gasteiger partial charge in [-0.25, -0.2) is 0 Å². The third-order valence-electron chi connectivity index (χ3n) is 4.69. The van der Waals surface area contributed by atoms with E-state index in [4.69, 9.17) is 0 Å². The molecule has 1 aliphatic rings. The van der Waals surface area contributed by atoms with Gasteiger partial charge in [0, 0.05) is 16.5 Å². The van der Waals surface area contributed by atoms with E-state index in [9.17, 15) is 9.59 Å². The van der Waals surface area contributed by atoms with Crippen LogP contribution in [-0.4, -0.2) is 24.4 Å². The number of amides is 2. The summed E-state index contributed by atoms with van der Waals surface area (Å²) in [7, 11) is 0. The molecule has 2 amide bonds. The number of para-hydroxylation sites is 2. The lowest BCUT2D eigenvalue weighted by Gasteiger charge is -2.31. The summed E-state index contributed by atoms with van der Waals surface area (Å²) in [5.74, 6) is -0.216. The molecular formula is C20H23BrN3O2+. The third-order valence-corrected chi connectivity index (χ3v) is 5.21. The number of anilines is 2. The second-order valence-corrected chi connectivity index (χ2v) is 7.45. The van der Waals surface area contributed by atoms with Crippen LogP contribution in [0.1, 0.15) is 31.9 Å². The fourth-order valence-electron chi connectivity index (χ4n) is 3.30. The molecule has 0 radical (unpaired) electrons. The fourth-order valence-corrected chi connectivity index (χ4v) is 3.56. The predicted octanol–water partition coefficient (Wildman–Crippen LogP) is 2.84. The van der Waals surface area contributed by atoms with Crippen molar-refractivity contribution in [2.75, 3.05) is 16.8 Å². The molecule has 0 aliphatic carbocycles. The van der Waals surface area contributed by atoms with Crippen LogP contribution in [0.3, 0.4) is 0 Å². The highest BCUT2D eigenvalue weighted by atomic mass is 79.9. The van der Waals surface area contributed by atoms with Gasteiger partial charge in [-0.1, -0.05) is 47.1 Å². The Kier molecular flexibility index (Phi) is 5.74. The monoisotopic (exact) mass is 416 g/mol. The van der Waals surface area contributed by atoms with E-state index in [1.807, 2.05) is 43.3 Å². The van der Waals surface area contributed by atoms with Gasteiger partial charge in [0.25, 0.3) is 5.91 Å². The van der Waals surface area contributed by atoms with Crippen molar-refractivity contribution in [1.29, 1.82) is 0 Å². The Balaban J connectivity index is 1.77. The standard InChI is InChI=1S/C20H22BrN3O2/c1-3-16(14-8-10-15(21)11-9-14)22-13(2)20(26)24-12-19(25)23-17-6-4-5-7-18(17)24/h4-11,13,16,22H,3,12H2,1-2H3,(H,23,25)/p+1/t13-,16+/m0/s1. The van der Waals surface area contributed by atoms with Gasteiger partial charge in [-0.3, -0.25) is 14.5 Å². The van der Waals surface area contributed by atoms with Gasteiger partial charge in [-0.05, 0) is 31.2 Å². The molecule has 26 heavy (non-hydrogen) atoms. The molecule has 0 bridgehead atoms. The molecule has 1 aliphatic heterocycles. The molecule has 136 valence electrons. The van der Waals surface area contributed by atoms with Crippen molar-refractivity contribution in [3.8, 4) is 0 Å². The molecule has 2 aromatic rings. The van der Waals surface area contributed by atoms with Crippen LogP contribution in [0.15, 0.2) is 53.0 Å². The fraction of sp³-hybridized carbons (Fsp3) is 0.300. The van der Waals surface area contributed by atoms with Crippen LogP contribution in [-0.2, 0) is 9.59 Å². The smallest absolute Gasteiger partial charge is 0.285 e. The summed E-state index contributed by atoms with van der Waals surface area (Å²) >= 11 is 3.45. The number of carbonyl (C=O) groups excluding carboxylic acids is 2. The molecule has 0 aromatic heterocycles. The summed E-state index contributed by atoms with van der Waals surface area (Å²) in [4.78, 5) is 26.6. The zero-order valence-corrected chi connectivity index (χ0v) is 16.5. The maximum atomic E-state index is 13.1. The number of benzene rings is 2. The van der Waals surface area contributed by atoms with Gasteiger partial charge in [0.2, 0.25) is 5.91 Å². The molecule has 0 saturated heterocycles. The highest BCUT2D eigenvalue weighted by Crippen LogP contribution is 2.29. The number of nitrogens with two attached hydrogens (primary N) is 1. The molecule has 6 heteroatoms. The van der Waals surface area contributed by atoms with Gasteiger partial charge >= 0.3 is 0 Å². The largest absolute Gasteiger partial charge is 0.330 e. The van der Waals surface area contributed by atoms with Crippen molar-refractivity contribution >= 4 is 39.1 Å². The van der Waals surface area contributed by atoms with E-state index in [1.54, 1.807) is 4.90 Å². The highest BCUT2D eigenvalue weighted by Gasteiger charge is 2.32. The van der Waals surface area contributed by atoms with Crippen LogP contribution >= 0.6 is 15.9 Å². The van der Waals surface area contributed by atoms with Crippen LogP contribution in [0.4, 0.5) is 11.4 Å². The molecular weight excluding hydrogens is 394 g/mol. The average Bonchev–Trinajstić information content (AvgIpc) is 2.65. The second-order valence-electron chi connectivity index (χ2n) is 6.54. The van der Waals surface area contributed by atoms with Crippen molar-refractivity contribution in [3.63, 3.8) is 0 Å². The molecule has 0 spiro atoms. The summed E-state index contributed by atoms with van der Waals surface area (Å²) in [5.41, 5.74) is 2.63. The Hall–Kier alpha value is -2.18. The van der Waals surface area contributed by atoms with Gasteiger partial charge in [-0.15, -0.1) is 0 Å². The van der Waals surface area contributed by atoms with Gasteiger partial charge < -0.3 is 10.6 Å². The van der Waals surface area contributed by atoms with E-state index < -0.39 is 0 Å². The predicted molar refractivity (Wildman–Crippen MR) is 106 cm³/mol. The summed E-state index contributed by atoms with van der Waals surface area (Å²) in [5, 5.41) is 4.90. The maximum absolute atomic E-state index is 13.1. The first-order chi connectivity index (χ1) is 12.5. The van der Waals surface area contributed by atoms with Crippen LogP contribution in [0, 0.1) is 0 Å². The van der Waals surface area contributed by atoms with Crippen LogP contribution in [0.2, 0.25) is 0 Å². The van der Waals surface area contributed by atoms with E-state index in [2.05, 4.69) is 45.6 Å². The summed E-state index contributed by atoms with van der Waals surface area (Å²) < 4.78 is 1.04. The summed E-state index contributed by atoms with van der Waals surface area (Å²) in [6.45, 7) is 4.08. The molecule has 0 saturated carbocycles. The second kappa shape index (κ2) is 8.01. The number of fused-ring (bicyclic) bond motifs is 1. The number of nitrogens with zero attached hydrogens (tertiary/aromatic N) is 1. The lowest BCUT2D eigenvalue weighted by molar-refractivity contribution is -0.713. The van der Waals surface area contributed by atoms with E-state index >= 15 is 0 Å². The molecule has 1 heterocycles. The van der Waals surface area contributed by atoms with Crippen LogP contribution in [0.25, 0.3) is 0 Å². The number of carbonyl (C=O) groups is 2. The first kappa shape index (κ1) is 18.6. The van der Waals surface area contributed by atoms with Crippen LogP contribution < -0.4 is 15.5 Å². The highest BCUT2D eigenvalue weighted by molar-refractivity contribution is 9.10. The van der Waals surface area contributed by atoms with Gasteiger partial charge in [-0.2, -0.15) is 0 Å². The Morgan fingerprint density at radius 2 is 1.92 bits per heavy atom. The van der Waals surface area contributed by atoms with Crippen molar-refractivity contribution < 1.29 is 14.9 Å². The lowest BCUT2D eigenvalue weighted by atomic mass is 10.0. The molecule has 3 rings (SSSR count). The Morgan fingerprint density at radius 3 is 2.62 bits per heavy atom. The minimum absolute atomic E-state index is 0.0529. The molecule has 2 aromatic carbocycles. The van der Waals surface area contributed by atoms with Crippen molar-refractivity contribution in [3.05, 3.63) is 58.6 Å². The molecule has 2 atom stereocenters. The molecule has 3 N–H and O–H groups in total. The maximum Gasteiger partial charge on any atom is 0.285 e. The van der Waals surface area contributed by atoms with Gasteiger partial charge in [0.15, 0.2) is 6.04 Å². The number of nitrogens with one attached hydrogen (secondary N) is 1. The third kappa shape index (κ3) is 3.97. The number of rotatable bonds is 5. The van der Waals surface area contributed by atoms with Crippen molar-refractivity contribution in [2.45, 2.75) is 32.4 Å². The zero-order chi connectivity index (χ0) is 18.7. The first-order valence-electron chi connectivity index (χ1n) is 8.80. The average molecular weight is 417 g/mol. The summed E-state index contributed by atoms with van der Waals surface area (Å²) in [6, 6.07) is 15.5. The van der Waals surface area contributed by atoms with Crippen molar-refractivity contribution in [1.82, 2.24) is 0 Å². The van der Waals surface area contributed by atoms with Crippen molar-refractivity contribution in [2.24, 2.45) is 0 Å². The number of hydrogen-bond donors (Lipinski definition) is 2. The van der Waals surface area contributed by atoms with E-state index in [0.717, 1.165) is 16.6 Å². The SMILES string of the molecule is CC[C@@H]([NH2+][C@@H](C)C(=O)N1CC(=O)Nc2ccccc21)c1ccc(Br)cc1. The zero-order valence-electron chi connectivity index (χ0n) is 14.9.